The molecule has 3 rings (SSSR count). The first kappa shape index (κ1) is 21.4. The van der Waals surface area contributed by atoms with Crippen molar-refractivity contribution in [3.63, 3.8) is 0 Å². The van der Waals surface area contributed by atoms with E-state index < -0.39 is 5.96 Å². The van der Waals surface area contributed by atoms with E-state index in [0.29, 0.717) is 19.0 Å². The topological polar surface area (TPSA) is 35.5 Å². The zero-order valence-corrected chi connectivity index (χ0v) is 18.4. The number of hydrogen-bond acceptors (Lipinski definition) is 3. The van der Waals surface area contributed by atoms with E-state index in [2.05, 4.69) is 0 Å². The molecule has 0 aliphatic heterocycles. The van der Waals surface area contributed by atoms with Crippen LogP contribution in [0, 0.1) is 0 Å². The molecule has 0 bridgehead atoms. The van der Waals surface area contributed by atoms with Gasteiger partial charge in [0.15, 0.2) is 0 Å². The summed E-state index contributed by atoms with van der Waals surface area (Å²) in [5.74, 6) is -3.38. The molecule has 0 aromatic heterocycles. The fourth-order valence-corrected chi connectivity index (χ4v) is 9.68. The minimum absolute atomic E-state index is 0.0547. The van der Waals surface area contributed by atoms with Crippen LogP contribution in [0.5, 0.6) is 5.75 Å². The van der Waals surface area contributed by atoms with Crippen LogP contribution < -0.4 is 20.7 Å². The molecule has 152 valence electrons. The molecule has 29 heavy (non-hydrogen) atoms. The predicted molar refractivity (Wildman–Crippen MR) is 124 cm³/mol. The summed E-state index contributed by atoms with van der Waals surface area (Å²) < 4.78 is 11.4. The molecular weight excluding hydrogens is 403 g/mol. The van der Waals surface area contributed by atoms with Gasteiger partial charge in [0.05, 0.1) is 0 Å². The first-order valence-electron chi connectivity index (χ1n) is 9.76. The molecular formula is C24H26ClO3P. The third-order valence-corrected chi connectivity index (χ3v) is 12.0. The number of halogens is 1. The van der Waals surface area contributed by atoms with E-state index in [1.165, 1.54) is 0 Å². The van der Waals surface area contributed by atoms with Crippen LogP contribution in [-0.4, -0.2) is 25.3 Å². The molecule has 0 saturated heterocycles. The van der Waals surface area contributed by atoms with Crippen LogP contribution in [-0.2, 0) is 9.53 Å². The molecule has 0 atom stereocenters. The molecule has 0 spiro atoms. The number of hydrogen-bond donors (Lipinski definition) is 0. The van der Waals surface area contributed by atoms with Crippen LogP contribution in [0.25, 0.3) is 0 Å². The number of rotatable bonds is 8. The van der Waals surface area contributed by atoms with Crippen LogP contribution in [0.4, 0.5) is 0 Å². The van der Waals surface area contributed by atoms with Crippen molar-refractivity contribution in [2.24, 2.45) is 0 Å². The van der Waals surface area contributed by atoms with Gasteiger partial charge in [0, 0.05) is 0 Å². The molecule has 0 fully saturated rings. The Balaban J connectivity index is 2.43. The van der Waals surface area contributed by atoms with Crippen molar-refractivity contribution in [1.29, 1.82) is 0 Å². The van der Waals surface area contributed by atoms with Crippen molar-refractivity contribution in [3.05, 3.63) is 84.9 Å². The van der Waals surface area contributed by atoms with Crippen molar-refractivity contribution in [2.45, 2.75) is 13.8 Å². The van der Waals surface area contributed by atoms with Gasteiger partial charge in [-0.1, -0.05) is 0 Å². The number of ether oxygens (including phenoxy) is 2. The molecule has 0 amide bonds. The Morgan fingerprint density at radius 1 is 0.793 bits per heavy atom. The SMILES string of the molecule is CCOC(=O)CP(Cl)(c1ccccc1)(c1ccccc1)c1ccccc1OCC. The molecule has 0 aliphatic carbocycles. The van der Waals surface area contributed by atoms with E-state index >= 15 is 0 Å². The third-order valence-electron chi connectivity index (χ3n) is 4.99. The van der Waals surface area contributed by atoms with Crippen LogP contribution in [0.3, 0.4) is 0 Å². The molecule has 0 saturated carbocycles. The summed E-state index contributed by atoms with van der Waals surface area (Å²) in [5, 5.41) is 2.66. The summed E-state index contributed by atoms with van der Waals surface area (Å²) in [6, 6.07) is 27.5. The van der Waals surface area contributed by atoms with E-state index in [9.17, 15) is 4.79 Å². The average Bonchev–Trinajstić information content (AvgIpc) is 2.76. The normalized spacial score (nSPS) is 12.6. The number of carbonyl (C=O) groups is 1. The van der Waals surface area contributed by atoms with Crippen LogP contribution >= 0.6 is 17.2 Å². The van der Waals surface area contributed by atoms with Gasteiger partial charge in [-0.3, -0.25) is 0 Å². The monoisotopic (exact) mass is 428 g/mol. The summed E-state index contributed by atoms with van der Waals surface area (Å²) in [6.07, 6.45) is 0.0547. The Hall–Kier alpha value is -2.35. The van der Waals surface area contributed by atoms with E-state index in [1.54, 1.807) is 6.92 Å². The number of esters is 1. The quantitative estimate of drug-likeness (QED) is 0.387. The molecule has 3 aromatic rings. The van der Waals surface area contributed by atoms with Gasteiger partial charge in [0.2, 0.25) is 0 Å². The van der Waals surface area contributed by atoms with Gasteiger partial charge in [0.1, 0.15) is 0 Å². The number of carbonyl (C=O) groups excluding carboxylic acids is 1. The van der Waals surface area contributed by atoms with Gasteiger partial charge in [-0.2, -0.15) is 0 Å². The maximum absolute atomic E-state index is 12.9. The fourth-order valence-electron chi connectivity index (χ4n) is 3.74. The van der Waals surface area contributed by atoms with Gasteiger partial charge in [-0.25, -0.2) is 0 Å². The van der Waals surface area contributed by atoms with E-state index in [-0.39, 0.29) is 12.1 Å². The molecule has 0 radical (unpaired) electrons. The second-order valence-corrected chi connectivity index (χ2v) is 13.2. The second kappa shape index (κ2) is 8.98. The first-order valence-corrected chi connectivity index (χ1v) is 13.1. The summed E-state index contributed by atoms with van der Waals surface area (Å²) in [7, 11) is 0. The van der Waals surface area contributed by atoms with Gasteiger partial charge in [0.25, 0.3) is 0 Å². The average molecular weight is 429 g/mol. The molecule has 0 heterocycles. The zero-order valence-electron chi connectivity index (χ0n) is 16.8. The fraction of sp³-hybridized carbons (Fsp3) is 0.208. The van der Waals surface area contributed by atoms with Gasteiger partial charge in [-0.05, 0) is 0 Å². The second-order valence-electron chi connectivity index (χ2n) is 6.72. The van der Waals surface area contributed by atoms with Crippen molar-refractivity contribution in [3.8, 4) is 5.75 Å². The van der Waals surface area contributed by atoms with Crippen molar-refractivity contribution in [2.75, 3.05) is 19.4 Å². The van der Waals surface area contributed by atoms with Crippen molar-refractivity contribution >= 4 is 39.1 Å². The van der Waals surface area contributed by atoms with Gasteiger partial charge in [-0.15, -0.1) is 0 Å². The Labute approximate surface area is 177 Å². The molecule has 5 heteroatoms. The standard InChI is InChI=1S/C24H26ClO3P/c1-3-27-22-17-11-12-18-23(22)29(25,19-24(26)28-4-2,20-13-7-5-8-14-20)21-15-9-6-10-16-21/h5-18H,3-4,19H2,1-2H3. The number of para-hydroxylation sites is 1. The Kier molecular flexibility index (Phi) is 6.62. The molecule has 3 aromatic carbocycles. The van der Waals surface area contributed by atoms with E-state index in [1.807, 2.05) is 91.9 Å². The van der Waals surface area contributed by atoms with E-state index in [4.69, 9.17) is 20.7 Å². The third kappa shape index (κ3) is 3.90. The maximum atomic E-state index is 12.9. The molecule has 0 aliphatic rings. The van der Waals surface area contributed by atoms with Crippen molar-refractivity contribution < 1.29 is 14.3 Å². The van der Waals surface area contributed by atoms with E-state index in [0.717, 1.165) is 15.9 Å². The van der Waals surface area contributed by atoms with Gasteiger partial charge < -0.3 is 0 Å². The Morgan fingerprint density at radius 3 is 1.83 bits per heavy atom. The summed E-state index contributed by atoms with van der Waals surface area (Å²) >= 11 is 7.90. The molecule has 0 N–H and O–H groups in total. The van der Waals surface area contributed by atoms with Gasteiger partial charge >= 0.3 is 177 Å². The van der Waals surface area contributed by atoms with Crippen LogP contribution in [0.15, 0.2) is 84.9 Å². The molecule has 3 nitrogen and oxygen atoms in total. The minimum atomic E-state index is -3.75. The van der Waals surface area contributed by atoms with Crippen molar-refractivity contribution in [1.82, 2.24) is 0 Å². The molecule has 0 unspecified atom stereocenters. The zero-order chi connectivity index (χ0) is 20.8. The first-order chi connectivity index (χ1) is 14.0. The summed E-state index contributed by atoms with van der Waals surface area (Å²) in [6.45, 7) is 4.55. The Bertz CT molecular complexity index is 921. The Morgan fingerprint density at radius 2 is 1.31 bits per heavy atom. The van der Waals surface area contributed by atoms with Crippen LogP contribution in [0.2, 0.25) is 0 Å². The van der Waals surface area contributed by atoms with Crippen LogP contribution in [0.1, 0.15) is 13.8 Å². The summed E-state index contributed by atoms with van der Waals surface area (Å²) in [5.41, 5.74) is 0. The summed E-state index contributed by atoms with van der Waals surface area (Å²) in [4.78, 5) is 12.9. The number of benzene rings is 3. The predicted octanol–water partition coefficient (Wildman–Crippen LogP) is 4.63.